The number of hydrogen-bond donors (Lipinski definition) is 0. The van der Waals surface area contributed by atoms with Crippen molar-refractivity contribution in [2.24, 2.45) is 0 Å². The summed E-state index contributed by atoms with van der Waals surface area (Å²) in [7, 11) is 1.76. The number of halogens is 2. The number of hydrogen-bond acceptors (Lipinski definition) is 4. The predicted molar refractivity (Wildman–Crippen MR) is 67.0 cm³/mol. The van der Waals surface area contributed by atoms with Crippen molar-refractivity contribution in [3.05, 3.63) is 16.0 Å². The van der Waals surface area contributed by atoms with Crippen LogP contribution in [0.25, 0.3) is 0 Å². The summed E-state index contributed by atoms with van der Waals surface area (Å²) in [6.45, 7) is 1.87. The van der Waals surface area contributed by atoms with Gasteiger partial charge in [0, 0.05) is 26.4 Å². The summed E-state index contributed by atoms with van der Waals surface area (Å²) < 4.78 is 6.21. The lowest BCUT2D eigenvalue weighted by molar-refractivity contribution is 0.0818. The topological polar surface area (TPSA) is 38.2 Å². The van der Waals surface area contributed by atoms with E-state index in [-0.39, 0.29) is 5.28 Å². The third kappa shape index (κ3) is 2.64. The molecule has 4 nitrogen and oxygen atoms in total. The monoisotopic (exact) mass is 305 g/mol. The van der Waals surface area contributed by atoms with Gasteiger partial charge in [-0.25, -0.2) is 4.98 Å². The zero-order valence-corrected chi connectivity index (χ0v) is 11.3. The lowest BCUT2D eigenvalue weighted by atomic mass is 10.1. The van der Waals surface area contributed by atoms with Gasteiger partial charge >= 0.3 is 0 Å². The second kappa shape index (κ2) is 5.29. The highest BCUT2D eigenvalue weighted by atomic mass is 79.9. The van der Waals surface area contributed by atoms with Crippen LogP contribution in [-0.4, -0.2) is 36.3 Å². The number of rotatable bonds is 2. The summed E-state index contributed by atoms with van der Waals surface area (Å²) in [4.78, 5) is 10.4. The second-order valence-electron chi connectivity index (χ2n) is 3.73. The summed E-state index contributed by atoms with van der Waals surface area (Å²) in [6.07, 6.45) is 4.09. The lowest BCUT2D eigenvalue weighted by Gasteiger charge is -2.32. The smallest absolute Gasteiger partial charge is 0.224 e. The Morgan fingerprint density at radius 1 is 1.50 bits per heavy atom. The Hall–Kier alpha value is -0.390. The van der Waals surface area contributed by atoms with E-state index >= 15 is 0 Å². The molecule has 1 aliphatic heterocycles. The van der Waals surface area contributed by atoms with Gasteiger partial charge in [-0.1, -0.05) is 0 Å². The summed E-state index contributed by atoms with van der Waals surface area (Å²) >= 11 is 9.24. The maximum atomic E-state index is 5.80. The molecule has 0 unspecified atom stereocenters. The Balaban J connectivity index is 2.10. The highest BCUT2D eigenvalue weighted by Gasteiger charge is 2.21. The molecule has 1 aromatic heterocycles. The third-order valence-electron chi connectivity index (χ3n) is 2.77. The minimum atomic E-state index is 0.284. The SMILES string of the molecule is COC1CCN(c2nc(Cl)ncc2Br)CC1. The molecule has 0 radical (unpaired) electrons. The van der Waals surface area contributed by atoms with Crippen molar-refractivity contribution < 1.29 is 4.74 Å². The zero-order chi connectivity index (χ0) is 11.5. The van der Waals surface area contributed by atoms with Gasteiger partial charge in [0.1, 0.15) is 5.82 Å². The molecule has 0 aliphatic carbocycles. The molecule has 0 N–H and O–H groups in total. The van der Waals surface area contributed by atoms with Gasteiger partial charge in [-0.2, -0.15) is 4.98 Å². The first kappa shape index (κ1) is 12.1. The fraction of sp³-hybridized carbons (Fsp3) is 0.600. The molecule has 0 bridgehead atoms. The van der Waals surface area contributed by atoms with Gasteiger partial charge in [0.25, 0.3) is 0 Å². The standard InChI is InChI=1S/C10H13BrClN3O/c1-16-7-2-4-15(5-3-7)9-8(11)6-13-10(12)14-9/h6-7H,2-5H2,1H3. The Labute approximate surface area is 108 Å². The van der Waals surface area contributed by atoms with E-state index in [1.807, 2.05) is 0 Å². The van der Waals surface area contributed by atoms with E-state index in [0.29, 0.717) is 6.10 Å². The second-order valence-corrected chi connectivity index (χ2v) is 4.93. The van der Waals surface area contributed by atoms with Crippen LogP contribution in [0.2, 0.25) is 5.28 Å². The Morgan fingerprint density at radius 3 is 2.81 bits per heavy atom. The summed E-state index contributed by atoms with van der Waals surface area (Å²) in [5, 5.41) is 0.284. The van der Waals surface area contributed by atoms with E-state index in [4.69, 9.17) is 16.3 Å². The van der Waals surface area contributed by atoms with Gasteiger partial charge in [-0.15, -0.1) is 0 Å². The number of aromatic nitrogens is 2. The number of piperidine rings is 1. The molecule has 1 aliphatic rings. The van der Waals surface area contributed by atoms with E-state index in [9.17, 15) is 0 Å². The largest absolute Gasteiger partial charge is 0.381 e. The van der Waals surface area contributed by atoms with Crippen LogP contribution >= 0.6 is 27.5 Å². The number of nitrogens with zero attached hydrogens (tertiary/aromatic N) is 3. The average Bonchev–Trinajstić information content (AvgIpc) is 2.32. The van der Waals surface area contributed by atoms with Crippen LogP contribution in [0.5, 0.6) is 0 Å². The number of methoxy groups -OCH3 is 1. The highest BCUT2D eigenvalue weighted by Crippen LogP contribution is 2.27. The molecular formula is C10H13BrClN3O. The molecule has 0 aromatic carbocycles. The fourth-order valence-corrected chi connectivity index (χ4v) is 2.43. The minimum absolute atomic E-state index is 0.284. The predicted octanol–water partition coefficient (Wildman–Crippen LogP) is 2.51. The summed E-state index contributed by atoms with van der Waals surface area (Å²) in [5.74, 6) is 0.870. The number of ether oxygens (including phenoxy) is 1. The van der Waals surface area contributed by atoms with E-state index in [0.717, 1.165) is 36.2 Å². The zero-order valence-electron chi connectivity index (χ0n) is 8.99. The fourth-order valence-electron chi connectivity index (χ4n) is 1.86. The van der Waals surface area contributed by atoms with Crippen LogP contribution in [0, 0.1) is 0 Å². The van der Waals surface area contributed by atoms with Crippen LogP contribution < -0.4 is 4.90 Å². The van der Waals surface area contributed by atoms with E-state index < -0.39 is 0 Å². The molecule has 88 valence electrons. The maximum Gasteiger partial charge on any atom is 0.224 e. The molecule has 6 heteroatoms. The van der Waals surface area contributed by atoms with Crippen LogP contribution in [-0.2, 0) is 4.74 Å². The van der Waals surface area contributed by atoms with Crippen LogP contribution in [0.4, 0.5) is 5.82 Å². The highest BCUT2D eigenvalue weighted by molar-refractivity contribution is 9.10. The molecule has 0 amide bonds. The molecule has 0 saturated carbocycles. The van der Waals surface area contributed by atoms with Crippen molar-refractivity contribution in [1.29, 1.82) is 0 Å². The molecule has 1 saturated heterocycles. The Kier molecular flexibility index (Phi) is 4.00. The molecule has 1 fully saturated rings. The van der Waals surface area contributed by atoms with Gasteiger partial charge in [-0.05, 0) is 40.4 Å². The first-order chi connectivity index (χ1) is 7.70. The van der Waals surface area contributed by atoms with Crippen molar-refractivity contribution in [3.63, 3.8) is 0 Å². The quantitative estimate of drug-likeness (QED) is 0.787. The van der Waals surface area contributed by atoms with E-state index in [1.165, 1.54) is 0 Å². The molecule has 0 spiro atoms. The molecular weight excluding hydrogens is 293 g/mol. The molecule has 1 aromatic rings. The molecule has 0 atom stereocenters. The minimum Gasteiger partial charge on any atom is -0.381 e. The third-order valence-corrected chi connectivity index (χ3v) is 3.51. The van der Waals surface area contributed by atoms with Gasteiger partial charge in [-0.3, -0.25) is 0 Å². The molecule has 2 rings (SSSR count). The Morgan fingerprint density at radius 2 is 2.19 bits per heavy atom. The molecule has 16 heavy (non-hydrogen) atoms. The Bertz CT molecular complexity index is 369. The van der Waals surface area contributed by atoms with Crippen LogP contribution in [0.15, 0.2) is 10.7 Å². The van der Waals surface area contributed by atoms with Crippen LogP contribution in [0.3, 0.4) is 0 Å². The van der Waals surface area contributed by atoms with E-state index in [1.54, 1.807) is 13.3 Å². The molecule has 2 heterocycles. The van der Waals surface area contributed by atoms with Crippen molar-refractivity contribution in [3.8, 4) is 0 Å². The van der Waals surface area contributed by atoms with Gasteiger partial charge < -0.3 is 9.64 Å². The van der Waals surface area contributed by atoms with Gasteiger partial charge in [0.2, 0.25) is 5.28 Å². The van der Waals surface area contributed by atoms with Crippen molar-refractivity contribution in [2.75, 3.05) is 25.1 Å². The summed E-state index contributed by atoms with van der Waals surface area (Å²) in [6, 6.07) is 0. The van der Waals surface area contributed by atoms with Gasteiger partial charge in [0.05, 0.1) is 10.6 Å². The van der Waals surface area contributed by atoms with E-state index in [2.05, 4.69) is 30.8 Å². The first-order valence-electron chi connectivity index (χ1n) is 5.16. The summed E-state index contributed by atoms with van der Waals surface area (Å²) in [5.41, 5.74) is 0. The lowest BCUT2D eigenvalue weighted by Crippen LogP contribution is -2.37. The first-order valence-corrected chi connectivity index (χ1v) is 6.33. The maximum absolute atomic E-state index is 5.80. The van der Waals surface area contributed by atoms with Crippen LogP contribution in [0.1, 0.15) is 12.8 Å². The van der Waals surface area contributed by atoms with Gasteiger partial charge in [0.15, 0.2) is 0 Å². The van der Waals surface area contributed by atoms with Crippen molar-refractivity contribution in [2.45, 2.75) is 18.9 Å². The van der Waals surface area contributed by atoms with Crippen molar-refractivity contribution in [1.82, 2.24) is 9.97 Å². The van der Waals surface area contributed by atoms with Crippen molar-refractivity contribution >= 4 is 33.3 Å². The number of anilines is 1. The average molecular weight is 307 g/mol. The normalized spacial score (nSPS) is 17.8.